The molecule has 1 aromatic rings. The molecule has 1 aliphatic rings. The molecule has 2 nitrogen and oxygen atoms in total. The van der Waals surface area contributed by atoms with Gasteiger partial charge in [0, 0.05) is 29.6 Å². The maximum Gasteiger partial charge on any atom is 0.0499 e. The average molecular weight is 310 g/mol. The molecule has 0 aromatic heterocycles. The van der Waals surface area contributed by atoms with Gasteiger partial charge < -0.3 is 5.11 Å². The minimum atomic E-state index is 0.0892. The number of hydrogen-bond donors (Lipinski definition) is 1. The first-order valence-corrected chi connectivity index (χ1v) is 8.51. The van der Waals surface area contributed by atoms with E-state index in [1.807, 2.05) is 12.1 Å². The van der Waals surface area contributed by atoms with Gasteiger partial charge in [-0.2, -0.15) is 0 Å². The molecule has 1 atom stereocenters. The summed E-state index contributed by atoms with van der Waals surface area (Å²) in [5.74, 6) is 0. The van der Waals surface area contributed by atoms with Gasteiger partial charge in [-0.1, -0.05) is 49.4 Å². The summed E-state index contributed by atoms with van der Waals surface area (Å²) in [4.78, 5) is 2.38. The first-order chi connectivity index (χ1) is 10.1. The van der Waals surface area contributed by atoms with Gasteiger partial charge in [-0.3, -0.25) is 4.90 Å². The lowest BCUT2D eigenvalue weighted by Crippen LogP contribution is -2.39. The third-order valence-electron chi connectivity index (χ3n) is 5.10. The maximum atomic E-state index is 9.96. The molecule has 0 aliphatic heterocycles. The quantitative estimate of drug-likeness (QED) is 0.799. The molecule has 118 valence electrons. The molecule has 21 heavy (non-hydrogen) atoms. The first kappa shape index (κ1) is 16.8. The molecule has 1 fully saturated rings. The number of rotatable bonds is 5. The second-order valence-electron chi connectivity index (χ2n) is 6.71. The summed E-state index contributed by atoms with van der Waals surface area (Å²) in [7, 11) is 2.17. The molecular formula is C18H28ClNO. The topological polar surface area (TPSA) is 23.5 Å². The molecule has 2 rings (SSSR count). The summed E-state index contributed by atoms with van der Waals surface area (Å²) in [6, 6.07) is 8.45. The van der Waals surface area contributed by atoms with Crippen LogP contribution in [0.5, 0.6) is 0 Å². The van der Waals surface area contributed by atoms with Gasteiger partial charge in [0.2, 0.25) is 0 Å². The second-order valence-corrected chi connectivity index (χ2v) is 7.15. The van der Waals surface area contributed by atoms with E-state index >= 15 is 0 Å². The molecule has 1 saturated carbocycles. The summed E-state index contributed by atoms with van der Waals surface area (Å²) in [5.41, 5.74) is 1.37. The van der Waals surface area contributed by atoms with E-state index in [0.29, 0.717) is 12.6 Å². The maximum absolute atomic E-state index is 9.96. The van der Waals surface area contributed by atoms with Crippen molar-refractivity contribution in [1.82, 2.24) is 4.90 Å². The third-order valence-corrected chi connectivity index (χ3v) is 5.35. The summed E-state index contributed by atoms with van der Waals surface area (Å²) in [6.07, 6.45) is 7.45. The molecule has 0 bridgehead atoms. The highest BCUT2D eigenvalue weighted by Gasteiger charge is 2.32. The molecule has 0 spiro atoms. The number of hydrogen-bond acceptors (Lipinski definition) is 2. The van der Waals surface area contributed by atoms with Crippen LogP contribution < -0.4 is 0 Å². The van der Waals surface area contributed by atoms with Crippen molar-refractivity contribution in [3.8, 4) is 0 Å². The summed E-state index contributed by atoms with van der Waals surface area (Å²) in [6.45, 7) is 3.50. The zero-order valence-corrected chi connectivity index (χ0v) is 14.1. The molecule has 1 N–H and O–H groups in total. The van der Waals surface area contributed by atoms with Crippen molar-refractivity contribution in [3.63, 3.8) is 0 Å². The Kier molecular flexibility index (Phi) is 6.09. The molecule has 0 heterocycles. The standard InChI is InChI=1S/C18H28ClNO/c1-15(16-7-9-17(19)10-8-16)20(2)13-18(14-21)11-5-3-4-6-12-18/h7-10,15,21H,3-6,11-14H2,1-2H3. The number of benzene rings is 1. The zero-order valence-electron chi connectivity index (χ0n) is 13.3. The molecule has 1 aliphatic carbocycles. The van der Waals surface area contributed by atoms with Crippen LogP contribution >= 0.6 is 11.6 Å². The number of aliphatic hydroxyl groups is 1. The third kappa shape index (κ3) is 4.45. The van der Waals surface area contributed by atoms with Crippen LogP contribution in [-0.2, 0) is 0 Å². The van der Waals surface area contributed by atoms with Crippen LogP contribution in [0.4, 0.5) is 0 Å². The lowest BCUT2D eigenvalue weighted by molar-refractivity contribution is 0.0560. The van der Waals surface area contributed by atoms with Crippen molar-refractivity contribution in [2.75, 3.05) is 20.2 Å². The Morgan fingerprint density at radius 3 is 2.24 bits per heavy atom. The van der Waals surface area contributed by atoms with Gasteiger partial charge in [-0.25, -0.2) is 0 Å². The highest BCUT2D eigenvalue weighted by molar-refractivity contribution is 6.30. The van der Waals surface area contributed by atoms with Gasteiger partial charge >= 0.3 is 0 Å². The summed E-state index contributed by atoms with van der Waals surface area (Å²) >= 11 is 5.97. The van der Waals surface area contributed by atoms with Gasteiger partial charge in [0.15, 0.2) is 0 Å². The second kappa shape index (κ2) is 7.62. The van der Waals surface area contributed by atoms with Crippen molar-refractivity contribution >= 4 is 11.6 Å². The lowest BCUT2D eigenvalue weighted by atomic mass is 9.80. The van der Waals surface area contributed by atoms with Crippen molar-refractivity contribution in [1.29, 1.82) is 0 Å². The monoisotopic (exact) mass is 309 g/mol. The van der Waals surface area contributed by atoms with E-state index in [1.54, 1.807) is 0 Å². The molecule has 1 aromatic carbocycles. The van der Waals surface area contributed by atoms with Gasteiger partial charge in [-0.05, 0) is 44.5 Å². The lowest BCUT2D eigenvalue weighted by Gasteiger charge is -2.37. The van der Waals surface area contributed by atoms with Crippen molar-refractivity contribution in [2.45, 2.75) is 51.5 Å². The molecule has 3 heteroatoms. The van der Waals surface area contributed by atoms with Crippen molar-refractivity contribution < 1.29 is 5.11 Å². The fourth-order valence-corrected chi connectivity index (χ4v) is 3.63. The smallest absolute Gasteiger partial charge is 0.0499 e. The normalized spacial score (nSPS) is 20.2. The van der Waals surface area contributed by atoms with Gasteiger partial charge in [0.1, 0.15) is 0 Å². The highest BCUT2D eigenvalue weighted by Crippen LogP contribution is 2.36. The molecular weight excluding hydrogens is 282 g/mol. The Balaban J connectivity index is 2.04. The number of aliphatic hydroxyl groups excluding tert-OH is 1. The van der Waals surface area contributed by atoms with Gasteiger partial charge in [0.25, 0.3) is 0 Å². The predicted molar refractivity (Wildman–Crippen MR) is 89.7 cm³/mol. The van der Waals surface area contributed by atoms with Crippen LogP contribution in [-0.4, -0.2) is 30.2 Å². The van der Waals surface area contributed by atoms with Gasteiger partial charge in [0.05, 0.1) is 0 Å². The van der Waals surface area contributed by atoms with E-state index in [4.69, 9.17) is 11.6 Å². The summed E-state index contributed by atoms with van der Waals surface area (Å²) in [5, 5.41) is 10.7. The van der Waals surface area contributed by atoms with Crippen LogP contribution in [0.15, 0.2) is 24.3 Å². The van der Waals surface area contributed by atoms with Crippen LogP contribution in [0.1, 0.15) is 57.1 Å². The first-order valence-electron chi connectivity index (χ1n) is 8.13. The van der Waals surface area contributed by atoms with Crippen LogP contribution in [0.25, 0.3) is 0 Å². The minimum Gasteiger partial charge on any atom is -0.396 e. The van der Waals surface area contributed by atoms with Gasteiger partial charge in [-0.15, -0.1) is 0 Å². The molecule has 0 radical (unpaired) electrons. The Morgan fingerprint density at radius 2 is 1.71 bits per heavy atom. The Bertz CT molecular complexity index is 423. The van der Waals surface area contributed by atoms with E-state index in [-0.39, 0.29) is 5.41 Å². The SMILES string of the molecule is CC(c1ccc(Cl)cc1)N(C)CC1(CO)CCCCCC1. The molecule has 0 amide bonds. The van der Waals surface area contributed by atoms with Crippen LogP contribution in [0, 0.1) is 5.41 Å². The molecule has 0 saturated heterocycles. The fraction of sp³-hybridized carbons (Fsp3) is 0.667. The zero-order chi connectivity index (χ0) is 15.3. The molecule has 1 unspecified atom stereocenters. The Hall–Kier alpha value is -0.570. The number of halogens is 1. The van der Waals surface area contributed by atoms with Crippen molar-refractivity contribution in [3.05, 3.63) is 34.9 Å². The number of nitrogens with zero attached hydrogens (tertiary/aromatic N) is 1. The fourth-order valence-electron chi connectivity index (χ4n) is 3.51. The van der Waals surface area contributed by atoms with E-state index in [2.05, 4.69) is 31.0 Å². The van der Waals surface area contributed by atoms with Crippen molar-refractivity contribution in [2.24, 2.45) is 5.41 Å². The van der Waals surface area contributed by atoms with E-state index in [0.717, 1.165) is 24.4 Å². The van der Waals surface area contributed by atoms with Crippen LogP contribution in [0.2, 0.25) is 5.02 Å². The highest BCUT2D eigenvalue weighted by atomic mass is 35.5. The van der Waals surface area contributed by atoms with E-state index < -0.39 is 0 Å². The minimum absolute atomic E-state index is 0.0892. The predicted octanol–water partition coefficient (Wildman–Crippen LogP) is 4.67. The largest absolute Gasteiger partial charge is 0.396 e. The van der Waals surface area contributed by atoms with E-state index in [1.165, 1.54) is 31.2 Å². The Labute approximate surface area is 134 Å². The average Bonchev–Trinajstić information content (AvgIpc) is 2.73. The summed E-state index contributed by atoms with van der Waals surface area (Å²) < 4.78 is 0. The Morgan fingerprint density at radius 1 is 1.14 bits per heavy atom. The van der Waals surface area contributed by atoms with Crippen LogP contribution in [0.3, 0.4) is 0 Å². The van der Waals surface area contributed by atoms with E-state index in [9.17, 15) is 5.11 Å².